The first kappa shape index (κ1) is 14.9. The van der Waals surface area contributed by atoms with E-state index in [2.05, 4.69) is 35.6 Å². The Balaban J connectivity index is 1.53. The van der Waals surface area contributed by atoms with Gasteiger partial charge in [0.15, 0.2) is 5.17 Å². The Morgan fingerprint density at radius 1 is 1.43 bits per heavy atom. The molecule has 4 nitrogen and oxygen atoms in total. The van der Waals surface area contributed by atoms with E-state index < -0.39 is 0 Å². The molecule has 3 rings (SSSR count). The first-order valence-electron chi connectivity index (χ1n) is 7.40. The van der Waals surface area contributed by atoms with Crippen molar-refractivity contribution in [2.45, 2.75) is 24.5 Å². The lowest BCUT2D eigenvalue weighted by molar-refractivity contribution is -0.00898. The quantitative estimate of drug-likeness (QED) is 0.904. The topological polar surface area (TPSA) is 42.8 Å². The van der Waals surface area contributed by atoms with Crippen LogP contribution in [0.25, 0.3) is 0 Å². The molecule has 2 fully saturated rings. The molecule has 0 spiro atoms. The van der Waals surface area contributed by atoms with Crippen molar-refractivity contribution >= 4 is 16.9 Å². The van der Waals surface area contributed by atoms with Crippen LogP contribution in [0.15, 0.2) is 35.3 Å². The molecule has 0 aromatic heterocycles. The van der Waals surface area contributed by atoms with E-state index in [0.29, 0.717) is 19.2 Å². The number of amidine groups is 1. The number of nitrogens with one attached hydrogen (secondary N) is 1. The fourth-order valence-corrected chi connectivity index (χ4v) is 3.66. The number of thioether (sulfide) groups is 1. The van der Waals surface area contributed by atoms with Gasteiger partial charge in [0.1, 0.15) is 5.60 Å². The molecule has 1 aromatic rings. The van der Waals surface area contributed by atoms with Gasteiger partial charge in [-0.25, -0.2) is 0 Å². The van der Waals surface area contributed by atoms with Crippen LogP contribution in [0.4, 0.5) is 0 Å². The molecule has 1 N–H and O–H groups in total. The Kier molecular flexibility index (Phi) is 4.83. The van der Waals surface area contributed by atoms with Crippen LogP contribution in [-0.2, 0) is 15.9 Å². The van der Waals surface area contributed by atoms with E-state index in [1.54, 1.807) is 18.9 Å². The standard InChI is InChI=1S/C16H22N2O2S/c1-19-16(7-8-20-12-16)11-17-15-18-14(10-21-15)9-13-5-3-2-4-6-13/h2-6,14H,7-12H2,1H3,(H,17,18). The van der Waals surface area contributed by atoms with E-state index >= 15 is 0 Å². The lowest BCUT2D eigenvalue weighted by atomic mass is 10.0. The van der Waals surface area contributed by atoms with Gasteiger partial charge < -0.3 is 14.8 Å². The highest BCUT2D eigenvalue weighted by molar-refractivity contribution is 8.14. The molecular formula is C16H22N2O2S. The molecule has 2 heterocycles. The van der Waals surface area contributed by atoms with Gasteiger partial charge in [-0.05, 0) is 12.0 Å². The normalized spacial score (nSPS) is 30.7. The van der Waals surface area contributed by atoms with Crippen LogP contribution in [0.3, 0.4) is 0 Å². The molecule has 5 heteroatoms. The van der Waals surface area contributed by atoms with Crippen molar-refractivity contribution in [3.05, 3.63) is 35.9 Å². The summed E-state index contributed by atoms with van der Waals surface area (Å²) in [7, 11) is 1.75. The van der Waals surface area contributed by atoms with E-state index in [-0.39, 0.29) is 5.60 Å². The number of nitrogens with zero attached hydrogens (tertiary/aromatic N) is 1. The third-order valence-corrected chi connectivity index (χ3v) is 5.17. The molecule has 21 heavy (non-hydrogen) atoms. The van der Waals surface area contributed by atoms with Crippen LogP contribution in [0.2, 0.25) is 0 Å². The summed E-state index contributed by atoms with van der Waals surface area (Å²) < 4.78 is 11.1. The highest BCUT2D eigenvalue weighted by atomic mass is 32.2. The smallest absolute Gasteiger partial charge is 0.156 e. The SMILES string of the molecule is COC1(CN=C2NC(Cc3ccccc3)CS2)CCOC1. The van der Waals surface area contributed by atoms with Crippen molar-refractivity contribution in [2.24, 2.45) is 4.99 Å². The van der Waals surface area contributed by atoms with Gasteiger partial charge in [-0.15, -0.1) is 0 Å². The lowest BCUT2D eigenvalue weighted by Crippen LogP contribution is -2.36. The Hall–Kier alpha value is -1.04. The second kappa shape index (κ2) is 6.81. The maximum Gasteiger partial charge on any atom is 0.156 e. The molecule has 0 aliphatic carbocycles. The molecule has 2 atom stereocenters. The van der Waals surface area contributed by atoms with Gasteiger partial charge in [0, 0.05) is 31.9 Å². The molecule has 2 saturated heterocycles. The molecule has 0 bridgehead atoms. The predicted molar refractivity (Wildman–Crippen MR) is 87.0 cm³/mol. The average Bonchev–Trinajstić information content (AvgIpc) is 3.16. The number of hydrogen-bond donors (Lipinski definition) is 1. The Bertz CT molecular complexity index is 486. The number of aliphatic imine (C=N–C) groups is 1. The van der Waals surface area contributed by atoms with E-state index in [0.717, 1.165) is 30.4 Å². The lowest BCUT2D eigenvalue weighted by Gasteiger charge is -2.23. The van der Waals surface area contributed by atoms with Crippen LogP contribution in [0, 0.1) is 0 Å². The molecule has 1 aromatic carbocycles. The largest absolute Gasteiger partial charge is 0.378 e. The second-order valence-corrected chi connectivity index (χ2v) is 6.66. The van der Waals surface area contributed by atoms with Crippen molar-refractivity contribution in [1.29, 1.82) is 0 Å². The summed E-state index contributed by atoms with van der Waals surface area (Å²) >= 11 is 1.80. The highest BCUT2D eigenvalue weighted by Crippen LogP contribution is 2.24. The molecule has 0 amide bonds. The average molecular weight is 306 g/mol. The summed E-state index contributed by atoms with van der Waals surface area (Å²) in [6.45, 7) is 2.10. The van der Waals surface area contributed by atoms with Gasteiger partial charge in [0.25, 0.3) is 0 Å². The number of benzene rings is 1. The van der Waals surface area contributed by atoms with Crippen molar-refractivity contribution < 1.29 is 9.47 Å². The summed E-state index contributed by atoms with van der Waals surface area (Å²) in [6.07, 6.45) is 1.98. The van der Waals surface area contributed by atoms with Crippen LogP contribution in [0.1, 0.15) is 12.0 Å². The van der Waals surface area contributed by atoms with E-state index in [9.17, 15) is 0 Å². The Morgan fingerprint density at radius 3 is 3.00 bits per heavy atom. The van der Waals surface area contributed by atoms with E-state index in [1.165, 1.54) is 5.56 Å². The summed E-state index contributed by atoms with van der Waals surface area (Å²) in [5.41, 5.74) is 1.15. The first-order valence-corrected chi connectivity index (χ1v) is 8.39. The van der Waals surface area contributed by atoms with Crippen LogP contribution in [0.5, 0.6) is 0 Å². The van der Waals surface area contributed by atoms with Crippen LogP contribution < -0.4 is 5.32 Å². The third kappa shape index (κ3) is 3.78. The third-order valence-electron chi connectivity index (χ3n) is 4.08. The number of hydrogen-bond acceptors (Lipinski definition) is 4. The van der Waals surface area contributed by atoms with Gasteiger partial charge >= 0.3 is 0 Å². The zero-order valence-corrected chi connectivity index (χ0v) is 13.2. The van der Waals surface area contributed by atoms with Gasteiger partial charge in [-0.2, -0.15) is 0 Å². The predicted octanol–water partition coefficient (Wildman–Crippen LogP) is 2.10. The molecular weight excluding hydrogens is 284 g/mol. The Labute approximate surface area is 130 Å². The van der Waals surface area contributed by atoms with Crippen molar-refractivity contribution in [3.63, 3.8) is 0 Å². The second-order valence-electron chi connectivity index (χ2n) is 5.65. The van der Waals surface area contributed by atoms with Gasteiger partial charge in [0.2, 0.25) is 0 Å². The molecule has 114 valence electrons. The summed E-state index contributed by atoms with van der Waals surface area (Å²) in [5, 5.41) is 4.56. The summed E-state index contributed by atoms with van der Waals surface area (Å²) in [4.78, 5) is 4.70. The minimum atomic E-state index is -0.216. The fourth-order valence-electron chi connectivity index (χ4n) is 2.69. The maximum atomic E-state index is 5.61. The summed E-state index contributed by atoms with van der Waals surface area (Å²) in [6, 6.07) is 11.1. The van der Waals surface area contributed by atoms with Crippen molar-refractivity contribution in [2.75, 3.05) is 32.6 Å². The van der Waals surface area contributed by atoms with Crippen molar-refractivity contribution in [3.8, 4) is 0 Å². The molecule has 2 aliphatic rings. The molecule has 2 unspecified atom stereocenters. The van der Waals surface area contributed by atoms with Crippen LogP contribution in [-0.4, -0.2) is 49.4 Å². The van der Waals surface area contributed by atoms with E-state index in [4.69, 9.17) is 14.5 Å². The highest BCUT2D eigenvalue weighted by Gasteiger charge is 2.35. The fraction of sp³-hybridized carbons (Fsp3) is 0.562. The van der Waals surface area contributed by atoms with E-state index in [1.807, 2.05) is 0 Å². The number of ether oxygens (including phenoxy) is 2. The van der Waals surface area contributed by atoms with Gasteiger partial charge in [-0.1, -0.05) is 42.1 Å². The first-order chi connectivity index (χ1) is 10.3. The monoisotopic (exact) mass is 306 g/mol. The number of methoxy groups -OCH3 is 1. The molecule has 2 aliphatic heterocycles. The zero-order valence-electron chi connectivity index (χ0n) is 12.4. The van der Waals surface area contributed by atoms with Crippen molar-refractivity contribution in [1.82, 2.24) is 5.32 Å². The Morgan fingerprint density at radius 2 is 2.29 bits per heavy atom. The minimum absolute atomic E-state index is 0.216. The number of rotatable bonds is 5. The van der Waals surface area contributed by atoms with Gasteiger partial charge in [0.05, 0.1) is 13.2 Å². The molecule has 0 radical (unpaired) electrons. The minimum Gasteiger partial charge on any atom is -0.378 e. The van der Waals surface area contributed by atoms with Gasteiger partial charge in [-0.3, -0.25) is 4.99 Å². The summed E-state index contributed by atoms with van der Waals surface area (Å²) in [5.74, 6) is 1.07. The maximum absolute atomic E-state index is 5.61. The zero-order chi connectivity index (χ0) is 14.5. The van der Waals surface area contributed by atoms with Crippen LogP contribution >= 0.6 is 11.8 Å². The molecule has 0 saturated carbocycles.